The van der Waals surface area contributed by atoms with Crippen molar-refractivity contribution in [2.24, 2.45) is 0 Å². The summed E-state index contributed by atoms with van der Waals surface area (Å²) >= 11 is 1.86. The van der Waals surface area contributed by atoms with Crippen LogP contribution in [0.1, 0.15) is 0 Å². The van der Waals surface area contributed by atoms with Crippen molar-refractivity contribution in [3.8, 4) is 67.5 Å². The molecule has 0 saturated carbocycles. The normalized spacial score (nSPS) is 11.6. The maximum atomic E-state index is 6.60. The van der Waals surface area contributed by atoms with E-state index in [0.717, 1.165) is 60.9 Å². The van der Waals surface area contributed by atoms with Crippen LogP contribution in [0, 0.1) is 0 Å². The molecule has 0 aliphatic heterocycles. The van der Waals surface area contributed by atoms with Crippen LogP contribution in [0.15, 0.2) is 192 Å². The highest BCUT2D eigenvalue weighted by Gasteiger charge is 2.17. The van der Waals surface area contributed by atoms with E-state index in [4.69, 9.17) is 19.4 Å². The van der Waals surface area contributed by atoms with Crippen molar-refractivity contribution in [2.75, 3.05) is 0 Å². The van der Waals surface area contributed by atoms with E-state index in [2.05, 4.69) is 127 Å². The number of fused-ring (bicyclic) bond motifs is 6. The SMILES string of the molecule is c1ccc(-c2nc(-c3ccccc3)nc(-c3cccc(-c4cccc5oc6cc(-c7cccc(-c8cccc9c8sc8ccccc89)c7)ccc6c45)c3)n2)cc1. The Morgan fingerprint density at radius 2 is 0.875 bits per heavy atom. The summed E-state index contributed by atoms with van der Waals surface area (Å²) in [6, 6.07) is 65.6. The number of rotatable bonds is 6. The number of furan rings is 1. The fourth-order valence-electron chi connectivity index (χ4n) is 7.85. The van der Waals surface area contributed by atoms with Gasteiger partial charge in [0.2, 0.25) is 0 Å². The lowest BCUT2D eigenvalue weighted by Crippen LogP contribution is -2.00. The number of hydrogen-bond donors (Lipinski definition) is 0. The van der Waals surface area contributed by atoms with Crippen LogP contribution in [0.25, 0.3) is 110 Å². The molecule has 0 spiro atoms. The van der Waals surface area contributed by atoms with Gasteiger partial charge < -0.3 is 4.42 Å². The summed E-state index contributed by atoms with van der Waals surface area (Å²) < 4.78 is 9.23. The van der Waals surface area contributed by atoms with Crippen molar-refractivity contribution in [1.29, 1.82) is 0 Å². The average molecular weight is 734 g/mol. The maximum absolute atomic E-state index is 6.60. The van der Waals surface area contributed by atoms with Crippen LogP contribution in [-0.2, 0) is 0 Å². The molecular weight excluding hydrogens is 703 g/mol. The molecule has 262 valence electrons. The zero-order chi connectivity index (χ0) is 37.0. The molecule has 11 rings (SSSR count). The van der Waals surface area contributed by atoms with Crippen LogP contribution in [0.5, 0.6) is 0 Å². The number of aromatic nitrogens is 3. The van der Waals surface area contributed by atoms with Crippen LogP contribution in [0.3, 0.4) is 0 Å². The van der Waals surface area contributed by atoms with E-state index in [9.17, 15) is 0 Å². The first-order valence-electron chi connectivity index (χ1n) is 18.7. The third-order valence-corrected chi connectivity index (χ3v) is 11.8. The lowest BCUT2D eigenvalue weighted by Gasteiger charge is -2.10. The molecule has 0 fully saturated rings. The van der Waals surface area contributed by atoms with Crippen LogP contribution >= 0.6 is 11.3 Å². The van der Waals surface area contributed by atoms with E-state index in [1.165, 1.54) is 31.3 Å². The van der Waals surface area contributed by atoms with Crippen LogP contribution in [-0.4, -0.2) is 15.0 Å². The molecule has 0 aliphatic carbocycles. The molecule has 0 radical (unpaired) electrons. The van der Waals surface area contributed by atoms with E-state index in [0.29, 0.717) is 17.5 Å². The molecular formula is C51H31N3OS. The molecule has 3 heterocycles. The zero-order valence-electron chi connectivity index (χ0n) is 30.1. The Balaban J connectivity index is 0.986. The smallest absolute Gasteiger partial charge is 0.164 e. The second kappa shape index (κ2) is 13.3. The number of thiophene rings is 1. The maximum Gasteiger partial charge on any atom is 0.164 e. The molecule has 3 aromatic heterocycles. The van der Waals surface area contributed by atoms with E-state index in [1.54, 1.807) is 0 Å². The van der Waals surface area contributed by atoms with Gasteiger partial charge in [-0.2, -0.15) is 0 Å². The molecule has 56 heavy (non-hydrogen) atoms. The molecule has 0 saturated heterocycles. The Morgan fingerprint density at radius 3 is 1.64 bits per heavy atom. The fourth-order valence-corrected chi connectivity index (χ4v) is 9.09. The minimum absolute atomic E-state index is 0.624. The van der Waals surface area contributed by atoms with Crippen LogP contribution < -0.4 is 0 Å². The Morgan fingerprint density at radius 1 is 0.339 bits per heavy atom. The Labute approximate surface area is 327 Å². The summed E-state index contributed by atoms with van der Waals surface area (Å²) in [7, 11) is 0. The lowest BCUT2D eigenvalue weighted by atomic mass is 9.95. The molecule has 0 unspecified atom stereocenters. The van der Waals surface area contributed by atoms with Crippen molar-refractivity contribution < 1.29 is 4.42 Å². The van der Waals surface area contributed by atoms with Gasteiger partial charge in [0.15, 0.2) is 17.5 Å². The van der Waals surface area contributed by atoms with Crippen molar-refractivity contribution in [2.45, 2.75) is 0 Å². The van der Waals surface area contributed by atoms with Gasteiger partial charge in [-0.1, -0.05) is 152 Å². The summed E-state index contributed by atoms with van der Waals surface area (Å²) in [6.45, 7) is 0. The van der Waals surface area contributed by atoms with Crippen LogP contribution in [0.4, 0.5) is 0 Å². The lowest BCUT2D eigenvalue weighted by molar-refractivity contribution is 0.669. The highest BCUT2D eigenvalue weighted by molar-refractivity contribution is 7.26. The van der Waals surface area contributed by atoms with Crippen molar-refractivity contribution in [3.63, 3.8) is 0 Å². The van der Waals surface area contributed by atoms with Gasteiger partial charge in [-0.25, -0.2) is 15.0 Å². The molecule has 0 atom stereocenters. The summed E-state index contributed by atoms with van der Waals surface area (Å²) in [5, 5.41) is 4.78. The minimum atomic E-state index is 0.624. The summed E-state index contributed by atoms with van der Waals surface area (Å²) in [5.41, 5.74) is 11.4. The van der Waals surface area contributed by atoms with Gasteiger partial charge in [-0.05, 0) is 69.8 Å². The van der Waals surface area contributed by atoms with E-state index in [-0.39, 0.29) is 0 Å². The second-order valence-corrected chi connectivity index (χ2v) is 15.0. The largest absolute Gasteiger partial charge is 0.456 e. The van der Waals surface area contributed by atoms with Crippen molar-refractivity contribution >= 4 is 53.4 Å². The summed E-state index contributed by atoms with van der Waals surface area (Å²) in [6.07, 6.45) is 0. The third kappa shape index (κ3) is 5.56. The van der Waals surface area contributed by atoms with E-state index < -0.39 is 0 Å². The van der Waals surface area contributed by atoms with Gasteiger partial charge >= 0.3 is 0 Å². The Hall–Kier alpha value is -7.21. The van der Waals surface area contributed by atoms with E-state index >= 15 is 0 Å². The van der Waals surface area contributed by atoms with E-state index in [1.807, 2.05) is 72.0 Å². The molecule has 8 aromatic carbocycles. The van der Waals surface area contributed by atoms with Crippen molar-refractivity contribution in [1.82, 2.24) is 15.0 Å². The second-order valence-electron chi connectivity index (χ2n) is 14.0. The molecule has 11 aromatic rings. The molecule has 4 nitrogen and oxygen atoms in total. The molecule has 0 amide bonds. The van der Waals surface area contributed by atoms with Gasteiger partial charge in [-0.3, -0.25) is 0 Å². The Kier molecular flexibility index (Phi) is 7.64. The van der Waals surface area contributed by atoms with Gasteiger partial charge in [0, 0.05) is 47.6 Å². The predicted octanol–water partition coefficient (Wildman–Crippen LogP) is 14.1. The van der Waals surface area contributed by atoms with Gasteiger partial charge in [0.25, 0.3) is 0 Å². The Bertz CT molecular complexity index is 3200. The third-order valence-electron chi connectivity index (χ3n) is 10.5. The first-order chi connectivity index (χ1) is 27.7. The first kappa shape index (κ1) is 32.2. The predicted molar refractivity (Wildman–Crippen MR) is 233 cm³/mol. The molecule has 0 N–H and O–H groups in total. The highest BCUT2D eigenvalue weighted by atomic mass is 32.1. The summed E-state index contributed by atoms with van der Waals surface area (Å²) in [5.74, 6) is 1.90. The molecule has 0 bridgehead atoms. The summed E-state index contributed by atoms with van der Waals surface area (Å²) in [4.78, 5) is 14.9. The fraction of sp³-hybridized carbons (Fsp3) is 0. The van der Waals surface area contributed by atoms with Gasteiger partial charge in [0.1, 0.15) is 11.2 Å². The minimum Gasteiger partial charge on any atom is -0.456 e. The number of benzene rings is 8. The first-order valence-corrected chi connectivity index (χ1v) is 19.5. The van der Waals surface area contributed by atoms with Crippen molar-refractivity contribution in [3.05, 3.63) is 188 Å². The number of nitrogens with zero attached hydrogens (tertiary/aromatic N) is 3. The monoisotopic (exact) mass is 733 g/mol. The zero-order valence-corrected chi connectivity index (χ0v) is 30.9. The standard InChI is InChI=1S/C51H31N3OS/c1-3-13-32(14-4-1)49-52-50(33-15-5-2-6-16-33)54-51(53-49)38-20-10-18-36(30-38)39-22-12-25-44-47(39)43-28-27-35(31-45(43)55-44)34-17-9-19-37(29-34)40-23-11-24-42-41-21-7-8-26-46(41)56-48(40)42/h1-31H. The molecule has 0 aliphatic rings. The van der Waals surface area contributed by atoms with Gasteiger partial charge in [-0.15, -0.1) is 11.3 Å². The number of hydrogen-bond acceptors (Lipinski definition) is 5. The highest BCUT2D eigenvalue weighted by Crippen LogP contribution is 2.42. The van der Waals surface area contributed by atoms with Gasteiger partial charge in [0.05, 0.1) is 0 Å². The topological polar surface area (TPSA) is 51.8 Å². The van der Waals surface area contributed by atoms with Crippen LogP contribution in [0.2, 0.25) is 0 Å². The quantitative estimate of drug-likeness (QED) is 0.171. The average Bonchev–Trinajstić information content (AvgIpc) is 3.85. The molecule has 5 heteroatoms.